The van der Waals surface area contributed by atoms with Gasteiger partial charge in [-0.15, -0.1) is 0 Å². The summed E-state index contributed by atoms with van der Waals surface area (Å²) < 4.78 is 1.80. The Hall–Kier alpha value is -1.62. The number of nitrogens with zero attached hydrogens (tertiary/aromatic N) is 2. The second kappa shape index (κ2) is 4.49. The minimum Gasteiger partial charge on any atom is -0.354 e. The largest absolute Gasteiger partial charge is 0.354 e. The first kappa shape index (κ1) is 10.9. The number of amides is 1. The second-order valence-corrected chi connectivity index (χ2v) is 3.99. The Kier molecular flexibility index (Phi) is 3.05. The Labute approximate surface area is 94.0 Å². The van der Waals surface area contributed by atoms with Crippen molar-refractivity contribution in [3.05, 3.63) is 24.0 Å². The lowest BCUT2D eigenvalue weighted by molar-refractivity contribution is -0.123. The van der Waals surface area contributed by atoms with Crippen LogP contribution in [0.2, 0.25) is 0 Å². The minimum atomic E-state index is -0.00840. The molecular formula is C11H15N3O2. The first-order valence-electron chi connectivity index (χ1n) is 5.30. The minimum absolute atomic E-state index is 0.00840. The Morgan fingerprint density at radius 2 is 2.38 bits per heavy atom. The maximum atomic E-state index is 11.9. The summed E-state index contributed by atoms with van der Waals surface area (Å²) in [6.07, 6.45) is 1.84. The molecule has 0 aliphatic carbocycles. The highest BCUT2D eigenvalue weighted by Gasteiger charge is 2.19. The molecule has 1 amide bonds. The van der Waals surface area contributed by atoms with Crippen LogP contribution in [0.25, 0.3) is 0 Å². The molecule has 2 heterocycles. The third-order valence-electron chi connectivity index (χ3n) is 2.71. The molecule has 1 aromatic rings. The van der Waals surface area contributed by atoms with E-state index in [0.717, 1.165) is 6.54 Å². The normalized spacial score (nSPS) is 17.2. The van der Waals surface area contributed by atoms with Crippen molar-refractivity contribution in [2.45, 2.75) is 0 Å². The number of hydrogen-bond acceptors (Lipinski definition) is 3. The molecule has 5 nitrogen and oxygen atoms in total. The van der Waals surface area contributed by atoms with Gasteiger partial charge in [-0.05, 0) is 12.1 Å². The van der Waals surface area contributed by atoms with Crippen LogP contribution in [0.4, 0.5) is 0 Å². The van der Waals surface area contributed by atoms with Crippen LogP contribution in [0, 0.1) is 0 Å². The summed E-state index contributed by atoms with van der Waals surface area (Å²) in [5.41, 5.74) is 0.686. The van der Waals surface area contributed by atoms with E-state index in [1.807, 2.05) is 24.2 Å². The first-order chi connectivity index (χ1) is 7.66. The molecule has 0 atom stereocenters. The maximum Gasteiger partial charge on any atom is 0.234 e. The van der Waals surface area contributed by atoms with E-state index in [4.69, 9.17) is 0 Å². The number of aromatic nitrogens is 1. The van der Waals surface area contributed by atoms with Gasteiger partial charge >= 0.3 is 0 Å². The molecular weight excluding hydrogens is 206 g/mol. The topological polar surface area (TPSA) is 54.3 Å². The number of Topliss-reactive ketones (excluding diaryl/α,β-unsaturated/α-hetero) is 1. The highest BCUT2D eigenvalue weighted by Crippen LogP contribution is 2.03. The van der Waals surface area contributed by atoms with E-state index in [-0.39, 0.29) is 11.7 Å². The van der Waals surface area contributed by atoms with Gasteiger partial charge in [-0.3, -0.25) is 14.5 Å². The highest BCUT2D eigenvalue weighted by atomic mass is 16.2. The van der Waals surface area contributed by atoms with E-state index < -0.39 is 0 Å². The second-order valence-electron chi connectivity index (χ2n) is 3.99. The van der Waals surface area contributed by atoms with Gasteiger partial charge in [-0.1, -0.05) is 0 Å². The van der Waals surface area contributed by atoms with Crippen molar-refractivity contribution in [3.63, 3.8) is 0 Å². The molecule has 2 rings (SSSR count). The number of hydrogen-bond donors (Lipinski definition) is 1. The van der Waals surface area contributed by atoms with Crippen LogP contribution in [0.3, 0.4) is 0 Å². The maximum absolute atomic E-state index is 11.9. The van der Waals surface area contributed by atoms with Crippen molar-refractivity contribution in [2.24, 2.45) is 7.05 Å². The Morgan fingerprint density at radius 1 is 1.56 bits per heavy atom. The summed E-state index contributed by atoms with van der Waals surface area (Å²) in [7, 11) is 1.84. The molecule has 1 aromatic heterocycles. The van der Waals surface area contributed by atoms with Crippen LogP contribution in [0.15, 0.2) is 18.3 Å². The molecule has 0 bridgehead atoms. The average Bonchev–Trinajstić information content (AvgIpc) is 2.64. The number of carbonyl (C=O) groups excluding carboxylic acids is 2. The van der Waals surface area contributed by atoms with Crippen molar-refractivity contribution < 1.29 is 9.59 Å². The number of piperazine rings is 1. The van der Waals surface area contributed by atoms with E-state index in [9.17, 15) is 9.59 Å². The fourth-order valence-electron chi connectivity index (χ4n) is 1.86. The fraction of sp³-hybridized carbons (Fsp3) is 0.455. The van der Waals surface area contributed by atoms with Crippen LogP contribution < -0.4 is 5.32 Å². The quantitative estimate of drug-likeness (QED) is 0.709. The number of carbonyl (C=O) groups is 2. The lowest BCUT2D eigenvalue weighted by Gasteiger charge is -2.25. The van der Waals surface area contributed by atoms with E-state index in [1.165, 1.54) is 0 Å². The molecule has 1 aliphatic heterocycles. The molecule has 0 aromatic carbocycles. The summed E-state index contributed by atoms with van der Waals surface area (Å²) in [6.45, 7) is 1.99. The lowest BCUT2D eigenvalue weighted by Crippen LogP contribution is -2.49. The zero-order valence-electron chi connectivity index (χ0n) is 9.27. The van der Waals surface area contributed by atoms with E-state index in [1.54, 1.807) is 10.6 Å². The first-order valence-corrected chi connectivity index (χ1v) is 5.30. The molecule has 1 saturated heterocycles. The summed E-state index contributed by atoms with van der Waals surface area (Å²) in [4.78, 5) is 24.9. The van der Waals surface area contributed by atoms with Gasteiger partial charge in [-0.25, -0.2) is 0 Å². The number of nitrogens with one attached hydrogen (secondary N) is 1. The molecule has 1 aliphatic rings. The molecule has 0 saturated carbocycles. The predicted molar refractivity (Wildman–Crippen MR) is 59.2 cm³/mol. The summed E-state index contributed by atoms with van der Waals surface area (Å²) >= 11 is 0. The molecule has 16 heavy (non-hydrogen) atoms. The van der Waals surface area contributed by atoms with Gasteiger partial charge in [0.05, 0.1) is 18.8 Å². The standard InChI is InChI=1S/C11H15N3O2/c1-13-5-2-3-9(13)10(15)7-14-6-4-12-11(16)8-14/h2-3,5H,4,6-8H2,1H3,(H,12,16). The Morgan fingerprint density at radius 3 is 3.00 bits per heavy atom. The molecule has 0 radical (unpaired) electrons. The van der Waals surface area contributed by atoms with Gasteiger partial charge in [0.15, 0.2) is 5.78 Å². The molecule has 5 heteroatoms. The summed E-state index contributed by atoms with van der Waals surface area (Å²) in [6, 6.07) is 3.64. The summed E-state index contributed by atoms with van der Waals surface area (Å²) in [5.74, 6) is 0.0492. The smallest absolute Gasteiger partial charge is 0.234 e. The third kappa shape index (κ3) is 2.30. The zero-order valence-corrected chi connectivity index (χ0v) is 9.27. The van der Waals surface area contributed by atoms with E-state index >= 15 is 0 Å². The zero-order chi connectivity index (χ0) is 11.5. The van der Waals surface area contributed by atoms with Gasteiger partial charge in [-0.2, -0.15) is 0 Å². The lowest BCUT2D eigenvalue weighted by atomic mass is 10.2. The highest BCUT2D eigenvalue weighted by molar-refractivity contribution is 5.96. The Bertz CT molecular complexity index is 411. The number of aryl methyl sites for hydroxylation is 1. The molecule has 1 N–H and O–H groups in total. The van der Waals surface area contributed by atoms with Gasteiger partial charge < -0.3 is 9.88 Å². The van der Waals surface area contributed by atoms with Crippen LogP contribution in [-0.4, -0.2) is 47.3 Å². The van der Waals surface area contributed by atoms with Crippen molar-refractivity contribution in [1.82, 2.24) is 14.8 Å². The SMILES string of the molecule is Cn1cccc1C(=O)CN1CCNC(=O)C1. The van der Waals surface area contributed by atoms with Gasteiger partial charge in [0.2, 0.25) is 5.91 Å². The van der Waals surface area contributed by atoms with Crippen molar-refractivity contribution in [1.29, 1.82) is 0 Å². The molecule has 86 valence electrons. The van der Waals surface area contributed by atoms with Crippen molar-refractivity contribution in [3.8, 4) is 0 Å². The number of rotatable bonds is 3. The monoisotopic (exact) mass is 221 g/mol. The third-order valence-corrected chi connectivity index (χ3v) is 2.71. The van der Waals surface area contributed by atoms with Gasteiger partial charge in [0.1, 0.15) is 0 Å². The van der Waals surface area contributed by atoms with E-state index in [0.29, 0.717) is 25.3 Å². The summed E-state index contributed by atoms with van der Waals surface area (Å²) in [5, 5.41) is 2.73. The molecule has 0 spiro atoms. The van der Waals surface area contributed by atoms with Crippen molar-refractivity contribution in [2.75, 3.05) is 26.2 Å². The van der Waals surface area contributed by atoms with Crippen molar-refractivity contribution >= 4 is 11.7 Å². The fourth-order valence-corrected chi connectivity index (χ4v) is 1.86. The molecule has 0 unspecified atom stereocenters. The van der Waals surface area contributed by atoms with Crippen LogP contribution >= 0.6 is 0 Å². The molecule has 1 fully saturated rings. The predicted octanol–water partition coefficient (Wildman–Crippen LogP) is -0.360. The van der Waals surface area contributed by atoms with Crippen LogP contribution in [0.1, 0.15) is 10.5 Å². The van der Waals surface area contributed by atoms with E-state index in [2.05, 4.69) is 5.32 Å². The average molecular weight is 221 g/mol. The van der Waals surface area contributed by atoms with Crippen LogP contribution in [0.5, 0.6) is 0 Å². The Balaban J connectivity index is 1.97. The van der Waals surface area contributed by atoms with Gasteiger partial charge in [0.25, 0.3) is 0 Å². The van der Waals surface area contributed by atoms with Gasteiger partial charge in [0, 0.05) is 26.3 Å². The van der Waals surface area contributed by atoms with Crippen LogP contribution in [-0.2, 0) is 11.8 Å². The number of ketones is 1.